The van der Waals surface area contributed by atoms with Crippen LogP contribution in [0, 0.1) is 0 Å². The molecule has 0 radical (unpaired) electrons. The Bertz CT molecular complexity index is 476. The van der Waals surface area contributed by atoms with Crippen LogP contribution in [0.1, 0.15) is 36.5 Å². The average molecular weight is 278 g/mol. The molecule has 1 fully saturated rings. The lowest BCUT2D eigenvalue weighted by Gasteiger charge is -2.35. The number of carboxylic acid groups (broad SMARTS) is 1. The van der Waals surface area contributed by atoms with Gasteiger partial charge in [-0.3, -0.25) is 0 Å². The zero-order valence-corrected chi connectivity index (χ0v) is 11.8. The number of piperidine rings is 1. The van der Waals surface area contributed by atoms with Crippen molar-refractivity contribution in [1.29, 1.82) is 0 Å². The first-order valence-corrected chi connectivity index (χ1v) is 7.11. The lowest BCUT2D eigenvalue weighted by atomic mass is 10.0. The van der Waals surface area contributed by atoms with Crippen molar-refractivity contribution in [2.24, 2.45) is 0 Å². The average Bonchev–Trinajstić information content (AvgIpc) is 2.45. The third kappa shape index (κ3) is 3.42. The number of rotatable bonds is 5. The van der Waals surface area contributed by atoms with Gasteiger partial charge in [-0.1, -0.05) is 6.92 Å². The minimum Gasteiger partial charge on any atom is -0.478 e. The molecule has 3 N–H and O–H groups in total. The van der Waals surface area contributed by atoms with Gasteiger partial charge in [-0.15, -0.1) is 0 Å². The van der Waals surface area contributed by atoms with Crippen LogP contribution in [-0.2, 0) is 4.74 Å². The van der Waals surface area contributed by atoms with Crippen molar-refractivity contribution in [1.82, 2.24) is 0 Å². The molecule has 1 aromatic rings. The smallest absolute Gasteiger partial charge is 0.337 e. The van der Waals surface area contributed by atoms with Gasteiger partial charge in [0, 0.05) is 25.4 Å². The van der Waals surface area contributed by atoms with E-state index < -0.39 is 5.97 Å². The van der Waals surface area contributed by atoms with Crippen LogP contribution in [0.5, 0.6) is 0 Å². The Kier molecular flexibility index (Phi) is 4.84. The second kappa shape index (κ2) is 6.61. The zero-order chi connectivity index (χ0) is 14.5. The quantitative estimate of drug-likeness (QED) is 0.809. The first-order chi connectivity index (χ1) is 9.61. The highest BCUT2D eigenvalue weighted by atomic mass is 16.5. The predicted octanol–water partition coefficient (Wildman–Crippen LogP) is 2.36. The molecule has 0 saturated carbocycles. The van der Waals surface area contributed by atoms with Crippen molar-refractivity contribution in [3.05, 3.63) is 23.8 Å². The summed E-state index contributed by atoms with van der Waals surface area (Å²) in [5.41, 5.74) is 7.38. The second-order valence-electron chi connectivity index (χ2n) is 5.16. The highest BCUT2D eigenvalue weighted by Crippen LogP contribution is 2.27. The summed E-state index contributed by atoms with van der Waals surface area (Å²) in [5.74, 6) is -0.920. The van der Waals surface area contributed by atoms with E-state index >= 15 is 0 Å². The molecule has 0 aromatic heterocycles. The Hall–Kier alpha value is -1.75. The van der Waals surface area contributed by atoms with Gasteiger partial charge in [0.15, 0.2) is 0 Å². The van der Waals surface area contributed by atoms with Gasteiger partial charge in [-0.25, -0.2) is 4.79 Å². The first-order valence-electron chi connectivity index (χ1n) is 7.11. The molecule has 5 nitrogen and oxygen atoms in total. The maximum absolute atomic E-state index is 11.3. The van der Waals surface area contributed by atoms with Crippen LogP contribution in [0.2, 0.25) is 0 Å². The number of nitrogens with two attached hydrogens (primary N) is 1. The predicted molar refractivity (Wildman–Crippen MR) is 79.3 cm³/mol. The highest BCUT2D eigenvalue weighted by molar-refractivity contribution is 5.95. The number of nitrogens with zero attached hydrogens (tertiary/aromatic N) is 1. The fraction of sp³-hybridized carbons (Fsp3) is 0.533. The zero-order valence-electron chi connectivity index (χ0n) is 11.8. The van der Waals surface area contributed by atoms with Gasteiger partial charge in [0.25, 0.3) is 0 Å². The molecule has 0 spiro atoms. The molecular formula is C15H22N2O3. The molecule has 1 atom stereocenters. The maximum Gasteiger partial charge on any atom is 0.337 e. The van der Waals surface area contributed by atoms with Crippen molar-refractivity contribution >= 4 is 17.3 Å². The Morgan fingerprint density at radius 1 is 1.55 bits per heavy atom. The summed E-state index contributed by atoms with van der Waals surface area (Å²) in [5, 5.41) is 9.30. The molecule has 0 aliphatic carbocycles. The molecule has 0 amide bonds. The van der Waals surface area contributed by atoms with Crippen LogP contribution in [0.3, 0.4) is 0 Å². The van der Waals surface area contributed by atoms with E-state index in [0.717, 1.165) is 39.0 Å². The summed E-state index contributed by atoms with van der Waals surface area (Å²) in [6.07, 6.45) is 3.20. The van der Waals surface area contributed by atoms with Gasteiger partial charge in [0.1, 0.15) is 0 Å². The van der Waals surface area contributed by atoms with E-state index in [1.165, 1.54) is 0 Å². The first kappa shape index (κ1) is 14.7. The fourth-order valence-electron chi connectivity index (χ4n) is 2.57. The second-order valence-corrected chi connectivity index (χ2v) is 5.16. The maximum atomic E-state index is 11.3. The molecule has 1 saturated heterocycles. The van der Waals surface area contributed by atoms with E-state index in [9.17, 15) is 9.90 Å². The molecule has 1 aromatic carbocycles. The van der Waals surface area contributed by atoms with Crippen LogP contribution in [0.15, 0.2) is 18.2 Å². The van der Waals surface area contributed by atoms with Crippen molar-refractivity contribution < 1.29 is 14.6 Å². The van der Waals surface area contributed by atoms with E-state index in [1.54, 1.807) is 18.2 Å². The van der Waals surface area contributed by atoms with Crippen LogP contribution in [-0.4, -0.2) is 36.9 Å². The van der Waals surface area contributed by atoms with Gasteiger partial charge in [0.05, 0.1) is 17.4 Å². The third-order valence-electron chi connectivity index (χ3n) is 3.53. The lowest BCUT2D eigenvalue weighted by Crippen LogP contribution is -2.40. The van der Waals surface area contributed by atoms with E-state index in [4.69, 9.17) is 10.5 Å². The van der Waals surface area contributed by atoms with Crippen LogP contribution in [0.4, 0.5) is 11.4 Å². The molecule has 5 heteroatoms. The number of nitrogen functional groups attached to an aromatic ring is 1. The van der Waals surface area contributed by atoms with Gasteiger partial charge in [0.2, 0.25) is 0 Å². The molecule has 1 aliphatic heterocycles. The third-order valence-corrected chi connectivity index (χ3v) is 3.53. The summed E-state index contributed by atoms with van der Waals surface area (Å²) < 4.78 is 5.79. The van der Waals surface area contributed by atoms with Crippen LogP contribution < -0.4 is 10.6 Å². The van der Waals surface area contributed by atoms with Crippen LogP contribution in [0.25, 0.3) is 0 Å². The van der Waals surface area contributed by atoms with Crippen LogP contribution >= 0.6 is 0 Å². The number of benzene rings is 1. The summed E-state index contributed by atoms with van der Waals surface area (Å²) >= 11 is 0. The van der Waals surface area contributed by atoms with Gasteiger partial charge in [-0.2, -0.15) is 0 Å². The van der Waals surface area contributed by atoms with E-state index in [2.05, 4.69) is 11.8 Å². The molecule has 0 bridgehead atoms. The number of aromatic carboxylic acids is 1. The summed E-state index contributed by atoms with van der Waals surface area (Å²) in [6.45, 7) is 4.40. The van der Waals surface area contributed by atoms with Crippen molar-refractivity contribution in [2.45, 2.75) is 32.3 Å². The normalized spacial score (nSPS) is 19.1. The van der Waals surface area contributed by atoms with E-state index in [-0.39, 0.29) is 6.10 Å². The van der Waals surface area contributed by atoms with Gasteiger partial charge in [-0.05, 0) is 37.5 Å². The molecule has 110 valence electrons. The molecular weight excluding hydrogens is 256 g/mol. The van der Waals surface area contributed by atoms with Crippen molar-refractivity contribution in [2.75, 3.05) is 30.3 Å². The summed E-state index contributed by atoms with van der Waals surface area (Å²) in [6, 6.07) is 4.94. The summed E-state index contributed by atoms with van der Waals surface area (Å²) in [4.78, 5) is 13.4. The van der Waals surface area contributed by atoms with Gasteiger partial charge < -0.3 is 20.5 Å². The Morgan fingerprint density at radius 3 is 3.05 bits per heavy atom. The lowest BCUT2D eigenvalue weighted by molar-refractivity contribution is 0.0439. The molecule has 1 aliphatic rings. The molecule has 1 unspecified atom stereocenters. The van der Waals surface area contributed by atoms with E-state index in [1.807, 2.05) is 0 Å². The summed E-state index contributed by atoms with van der Waals surface area (Å²) in [7, 11) is 0. The number of carbonyl (C=O) groups is 1. The minimum absolute atomic E-state index is 0.173. The Morgan fingerprint density at radius 2 is 2.35 bits per heavy atom. The standard InChI is InChI=1S/C15H22N2O3/c1-2-8-20-12-4-3-7-17(10-12)14-9-11(16)5-6-13(14)15(18)19/h5-6,9,12H,2-4,7-8,10,16H2,1H3,(H,18,19). The number of ether oxygens (including phenoxy) is 1. The van der Waals surface area contributed by atoms with Gasteiger partial charge >= 0.3 is 5.97 Å². The molecule has 1 heterocycles. The SMILES string of the molecule is CCCOC1CCCN(c2cc(N)ccc2C(=O)O)C1. The molecule has 20 heavy (non-hydrogen) atoms. The van der Waals surface area contributed by atoms with Crippen molar-refractivity contribution in [3.8, 4) is 0 Å². The minimum atomic E-state index is -0.920. The van der Waals surface area contributed by atoms with Crippen molar-refractivity contribution in [3.63, 3.8) is 0 Å². The highest BCUT2D eigenvalue weighted by Gasteiger charge is 2.24. The fourth-order valence-corrected chi connectivity index (χ4v) is 2.57. The largest absolute Gasteiger partial charge is 0.478 e. The monoisotopic (exact) mass is 278 g/mol. The molecule has 2 rings (SSSR count). The number of hydrogen-bond donors (Lipinski definition) is 2. The Labute approximate surface area is 119 Å². The number of hydrogen-bond acceptors (Lipinski definition) is 4. The number of anilines is 2. The van der Waals surface area contributed by atoms with E-state index in [0.29, 0.717) is 16.9 Å². The topological polar surface area (TPSA) is 75.8 Å². The Balaban J connectivity index is 2.17. The number of carboxylic acids is 1.